The monoisotopic (exact) mass is 309 g/mol. The Balaban J connectivity index is 2.11. The van der Waals surface area contributed by atoms with E-state index < -0.39 is 5.97 Å². The van der Waals surface area contributed by atoms with Crippen LogP contribution < -0.4 is 14.2 Å². The maximum atomic E-state index is 11.0. The number of carbonyl (C=O) groups is 1. The van der Waals surface area contributed by atoms with E-state index in [0.717, 1.165) is 24.4 Å². The van der Waals surface area contributed by atoms with Crippen LogP contribution in [0.15, 0.2) is 12.1 Å². The van der Waals surface area contributed by atoms with Crippen molar-refractivity contribution in [2.45, 2.75) is 19.4 Å². The van der Waals surface area contributed by atoms with E-state index in [1.165, 1.54) is 0 Å². The first-order valence-corrected chi connectivity index (χ1v) is 7.33. The quantitative estimate of drug-likeness (QED) is 0.867. The second-order valence-corrected chi connectivity index (χ2v) is 5.41. The first-order valence-electron chi connectivity index (χ1n) is 7.33. The van der Waals surface area contributed by atoms with Crippen molar-refractivity contribution in [2.24, 2.45) is 5.92 Å². The molecular weight excluding hydrogens is 286 g/mol. The molecule has 1 heterocycles. The summed E-state index contributed by atoms with van der Waals surface area (Å²) < 4.78 is 16.0. The Hall–Kier alpha value is -1.95. The summed E-state index contributed by atoms with van der Waals surface area (Å²) in [4.78, 5) is 13.2. The van der Waals surface area contributed by atoms with Gasteiger partial charge in [-0.1, -0.05) is 0 Å². The molecule has 1 N–H and O–H groups in total. The minimum absolute atomic E-state index is 0.219. The predicted octanol–water partition coefficient (Wildman–Crippen LogP) is 2.01. The zero-order chi connectivity index (χ0) is 16.1. The average Bonchev–Trinajstić information content (AvgIpc) is 2.54. The van der Waals surface area contributed by atoms with Crippen LogP contribution in [-0.2, 0) is 11.3 Å². The SMILES string of the molecule is COc1cc(OC)c(OC)cc1CN1CCC(C(=O)O)CC1. The number of methoxy groups -OCH3 is 3. The van der Waals surface area contributed by atoms with Gasteiger partial charge in [-0.25, -0.2) is 0 Å². The first kappa shape index (κ1) is 16.4. The summed E-state index contributed by atoms with van der Waals surface area (Å²) in [5.41, 5.74) is 1.01. The summed E-state index contributed by atoms with van der Waals surface area (Å²) in [6.45, 7) is 2.25. The molecule has 0 radical (unpaired) electrons. The lowest BCUT2D eigenvalue weighted by molar-refractivity contribution is -0.143. The van der Waals surface area contributed by atoms with Crippen molar-refractivity contribution in [2.75, 3.05) is 34.4 Å². The van der Waals surface area contributed by atoms with Gasteiger partial charge in [-0.3, -0.25) is 9.69 Å². The van der Waals surface area contributed by atoms with Crippen LogP contribution in [0.25, 0.3) is 0 Å². The van der Waals surface area contributed by atoms with Gasteiger partial charge in [-0.15, -0.1) is 0 Å². The molecule has 6 heteroatoms. The molecule has 1 saturated heterocycles. The van der Waals surface area contributed by atoms with Crippen molar-refractivity contribution < 1.29 is 24.1 Å². The van der Waals surface area contributed by atoms with Crippen LogP contribution in [0.2, 0.25) is 0 Å². The van der Waals surface area contributed by atoms with E-state index in [9.17, 15) is 4.79 Å². The molecule has 0 aliphatic carbocycles. The van der Waals surface area contributed by atoms with Crippen molar-refractivity contribution in [1.82, 2.24) is 4.90 Å². The van der Waals surface area contributed by atoms with Crippen molar-refractivity contribution in [3.8, 4) is 17.2 Å². The number of benzene rings is 1. The molecule has 6 nitrogen and oxygen atoms in total. The number of aliphatic carboxylic acids is 1. The van der Waals surface area contributed by atoms with Crippen molar-refractivity contribution >= 4 is 5.97 Å². The van der Waals surface area contributed by atoms with Gasteiger partial charge in [0.25, 0.3) is 0 Å². The molecule has 0 bridgehead atoms. The third-order valence-electron chi connectivity index (χ3n) is 4.12. The maximum absolute atomic E-state index is 11.0. The number of hydrogen-bond donors (Lipinski definition) is 1. The molecule has 1 fully saturated rings. The van der Waals surface area contributed by atoms with Gasteiger partial charge in [0.1, 0.15) is 5.75 Å². The van der Waals surface area contributed by atoms with Crippen molar-refractivity contribution in [3.63, 3.8) is 0 Å². The standard InChI is InChI=1S/C16H23NO5/c1-20-13-9-15(22-3)14(21-2)8-12(13)10-17-6-4-11(5-7-17)16(18)19/h8-9,11H,4-7,10H2,1-3H3,(H,18,19). The summed E-state index contributed by atoms with van der Waals surface area (Å²) in [6.07, 6.45) is 1.37. The zero-order valence-electron chi connectivity index (χ0n) is 13.3. The van der Waals surface area contributed by atoms with Gasteiger partial charge in [0.2, 0.25) is 0 Å². The highest BCUT2D eigenvalue weighted by Gasteiger charge is 2.25. The summed E-state index contributed by atoms with van der Waals surface area (Å²) in [5, 5.41) is 9.05. The van der Waals surface area contributed by atoms with Gasteiger partial charge in [-0.05, 0) is 32.0 Å². The van der Waals surface area contributed by atoms with Crippen LogP contribution in [0.1, 0.15) is 18.4 Å². The average molecular weight is 309 g/mol. The van der Waals surface area contributed by atoms with E-state index in [1.807, 2.05) is 12.1 Å². The topological polar surface area (TPSA) is 68.2 Å². The van der Waals surface area contributed by atoms with Gasteiger partial charge in [0.05, 0.1) is 27.2 Å². The lowest BCUT2D eigenvalue weighted by atomic mass is 9.96. The van der Waals surface area contributed by atoms with E-state index in [4.69, 9.17) is 19.3 Å². The Bertz CT molecular complexity index is 524. The van der Waals surface area contributed by atoms with E-state index in [1.54, 1.807) is 21.3 Å². The minimum Gasteiger partial charge on any atom is -0.496 e. The fraction of sp³-hybridized carbons (Fsp3) is 0.562. The molecule has 2 rings (SSSR count). The van der Waals surface area contributed by atoms with Crippen LogP contribution in [0.3, 0.4) is 0 Å². The van der Waals surface area contributed by atoms with Gasteiger partial charge in [-0.2, -0.15) is 0 Å². The Morgan fingerprint density at radius 2 is 1.64 bits per heavy atom. The molecule has 0 atom stereocenters. The zero-order valence-corrected chi connectivity index (χ0v) is 13.3. The number of piperidine rings is 1. The molecule has 0 saturated carbocycles. The number of hydrogen-bond acceptors (Lipinski definition) is 5. The van der Waals surface area contributed by atoms with Crippen LogP contribution in [0.5, 0.6) is 17.2 Å². The smallest absolute Gasteiger partial charge is 0.306 e. The predicted molar refractivity (Wildman–Crippen MR) is 81.7 cm³/mol. The summed E-state index contributed by atoms with van der Waals surface area (Å²) in [5.74, 6) is 1.14. The van der Waals surface area contributed by atoms with Gasteiger partial charge in [0, 0.05) is 18.2 Å². The second-order valence-electron chi connectivity index (χ2n) is 5.41. The molecular formula is C16H23NO5. The molecule has 0 amide bonds. The molecule has 0 spiro atoms. The highest BCUT2D eigenvalue weighted by molar-refractivity contribution is 5.70. The van der Waals surface area contributed by atoms with Gasteiger partial charge >= 0.3 is 5.97 Å². The van der Waals surface area contributed by atoms with Crippen LogP contribution >= 0.6 is 0 Å². The number of rotatable bonds is 6. The molecule has 1 aliphatic heterocycles. The molecule has 1 aromatic rings. The third-order valence-corrected chi connectivity index (χ3v) is 4.12. The summed E-state index contributed by atoms with van der Waals surface area (Å²) in [6, 6.07) is 3.74. The molecule has 22 heavy (non-hydrogen) atoms. The number of carboxylic acids is 1. The lowest BCUT2D eigenvalue weighted by Crippen LogP contribution is -2.35. The van der Waals surface area contributed by atoms with Crippen molar-refractivity contribution in [3.05, 3.63) is 17.7 Å². The molecule has 122 valence electrons. The Morgan fingerprint density at radius 1 is 1.09 bits per heavy atom. The normalized spacial score (nSPS) is 16.3. The Kier molecular flexibility index (Phi) is 5.49. The minimum atomic E-state index is -0.691. The fourth-order valence-corrected chi connectivity index (χ4v) is 2.79. The Labute approximate surface area is 130 Å². The summed E-state index contributed by atoms with van der Waals surface area (Å²) >= 11 is 0. The fourth-order valence-electron chi connectivity index (χ4n) is 2.79. The molecule has 1 aromatic carbocycles. The lowest BCUT2D eigenvalue weighted by Gasteiger charge is -2.30. The van der Waals surface area contributed by atoms with E-state index >= 15 is 0 Å². The highest BCUT2D eigenvalue weighted by Crippen LogP contribution is 2.35. The number of carboxylic acid groups (broad SMARTS) is 1. The van der Waals surface area contributed by atoms with E-state index in [-0.39, 0.29) is 5.92 Å². The van der Waals surface area contributed by atoms with E-state index in [2.05, 4.69) is 4.90 Å². The van der Waals surface area contributed by atoms with Gasteiger partial charge in [0.15, 0.2) is 11.5 Å². The molecule has 0 aromatic heterocycles. The largest absolute Gasteiger partial charge is 0.496 e. The Morgan fingerprint density at radius 3 is 2.14 bits per heavy atom. The third kappa shape index (κ3) is 3.62. The van der Waals surface area contributed by atoms with Gasteiger partial charge < -0.3 is 19.3 Å². The van der Waals surface area contributed by atoms with E-state index in [0.29, 0.717) is 30.9 Å². The molecule has 1 aliphatic rings. The number of likely N-dealkylation sites (tertiary alicyclic amines) is 1. The van der Waals surface area contributed by atoms with Crippen molar-refractivity contribution in [1.29, 1.82) is 0 Å². The summed E-state index contributed by atoms with van der Waals surface area (Å²) in [7, 11) is 4.82. The molecule has 0 unspecified atom stereocenters. The number of ether oxygens (including phenoxy) is 3. The van der Waals surface area contributed by atoms with Crippen LogP contribution in [0, 0.1) is 5.92 Å². The van der Waals surface area contributed by atoms with Crippen LogP contribution in [0.4, 0.5) is 0 Å². The highest BCUT2D eigenvalue weighted by atomic mass is 16.5. The number of nitrogens with zero attached hydrogens (tertiary/aromatic N) is 1. The van der Waals surface area contributed by atoms with Crippen LogP contribution in [-0.4, -0.2) is 50.4 Å². The first-order chi connectivity index (χ1) is 10.6. The maximum Gasteiger partial charge on any atom is 0.306 e. The second kappa shape index (κ2) is 7.35.